The van der Waals surface area contributed by atoms with Gasteiger partial charge in [0.15, 0.2) is 12.6 Å². The molecule has 2 aliphatic heterocycles. The highest BCUT2D eigenvalue weighted by Gasteiger charge is 2.47. The first-order valence-corrected chi connectivity index (χ1v) is 20.1. The van der Waals surface area contributed by atoms with Crippen LogP contribution in [0.4, 0.5) is 0 Å². The summed E-state index contributed by atoms with van der Waals surface area (Å²) in [4.78, 5) is 12.7. The molecule has 0 aromatic heterocycles. The zero-order chi connectivity index (χ0) is 38.1. The standard InChI is InChI=1S/C38H72O14/c1-3-5-7-9-10-11-12-13-14-15-16-18-20-22-47-24-27(50-30(40)21-19-17-8-6-4-2)25-48-37-36(46)34(44)32(42)29(52-37)26-49-38-35(45)33(43)31(41)28(23-39)51-38/h27-29,31-39,41-46H,3-26H2,1-2H3. The zero-order valence-corrected chi connectivity index (χ0v) is 31.8. The Kier molecular flexibility index (Phi) is 25.8. The van der Waals surface area contributed by atoms with Crippen LogP contribution in [0.25, 0.3) is 0 Å². The fraction of sp³-hybridized carbons (Fsp3) is 0.974. The summed E-state index contributed by atoms with van der Waals surface area (Å²) in [7, 11) is 0. The second-order valence-corrected chi connectivity index (χ2v) is 14.5. The van der Waals surface area contributed by atoms with E-state index < -0.39 is 80.7 Å². The Labute approximate surface area is 311 Å². The quantitative estimate of drug-likeness (QED) is 0.0415. The minimum Gasteiger partial charge on any atom is -0.457 e. The van der Waals surface area contributed by atoms with E-state index in [9.17, 15) is 40.5 Å². The van der Waals surface area contributed by atoms with Crippen LogP contribution in [0, 0.1) is 0 Å². The molecule has 0 amide bonds. The highest BCUT2D eigenvalue weighted by molar-refractivity contribution is 5.69. The summed E-state index contributed by atoms with van der Waals surface area (Å²) in [6.45, 7) is 3.58. The lowest BCUT2D eigenvalue weighted by Crippen LogP contribution is -2.61. The number of aliphatic hydroxyl groups excluding tert-OH is 7. The predicted molar refractivity (Wildman–Crippen MR) is 192 cm³/mol. The lowest BCUT2D eigenvalue weighted by Gasteiger charge is -2.42. The molecule has 308 valence electrons. The molecular weight excluding hydrogens is 680 g/mol. The van der Waals surface area contributed by atoms with Gasteiger partial charge in [-0.15, -0.1) is 0 Å². The fourth-order valence-corrected chi connectivity index (χ4v) is 6.46. The molecule has 11 atom stereocenters. The molecule has 52 heavy (non-hydrogen) atoms. The second-order valence-electron chi connectivity index (χ2n) is 14.5. The number of aliphatic hydroxyl groups is 7. The number of carbonyl (C=O) groups excluding carboxylic acids is 1. The van der Waals surface area contributed by atoms with Gasteiger partial charge in [0, 0.05) is 13.0 Å². The van der Waals surface area contributed by atoms with Gasteiger partial charge in [0.25, 0.3) is 0 Å². The van der Waals surface area contributed by atoms with Crippen molar-refractivity contribution in [2.45, 2.75) is 203 Å². The van der Waals surface area contributed by atoms with E-state index in [-0.39, 0.29) is 25.6 Å². The Hall–Kier alpha value is -1.01. The third-order valence-electron chi connectivity index (χ3n) is 9.87. The van der Waals surface area contributed by atoms with Crippen molar-refractivity contribution in [2.24, 2.45) is 0 Å². The molecule has 2 saturated heterocycles. The molecular formula is C38H72O14. The Bertz CT molecular complexity index is 881. The first kappa shape index (κ1) is 47.1. The second kappa shape index (κ2) is 28.4. The van der Waals surface area contributed by atoms with Crippen molar-refractivity contribution >= 4 is 5.97 Å². The van der Waals surface area contributed by atoms with E-state index in [0.717, 1.165) is 44.9 Å². The maximum absolute atomic E-state index is 12.7. The number of carbonyl (C=O) groups is 1. The van der Waals surface area contributed by atoms with Crippen LogP contribution in [-0.2, 0) is 33.2 Å². The maximum atomic E-state index is 12.7. The lowest BCUT2D eigenvalue weighted by molar-refractivity contribution is -0.332. The van der Waals surface area contributed by atoms with Crippen LogP contribution in [0.1, 0.15) is 136 Å². The van der Waals surface area contributed by atoms with E-state index in [1.165, 1.54) is 64.2 Å². The van der Waals surface area contributed by atoms with Gasteiger partial charge in [-0.1, -0.05) is 117 Å². The van der Waals surface area contributed by atoms with E-state index in [1.807, 2.05) is 0 Å². The minimum absolute atomic E-state index is 0.0669. The van der Waals surface area contributed by atoms with Crippen LogP contribution in [0.5, 0.6) is 0 Å². The molecule has 0 saturated carbocycles. The predicted octanol–water partition coefficient (Wildman–Crippen LogP) is 3.01. The monoisotopic (exact) mass is 752 g/mol. The van der Waals surface area contributed by atoms with Gasteiger partial charge in [-0.2, -0.15) is 0 Å². The molecule has 14 nitrogen and oxygen atoms in total. The zero-order valence-electron chi connectivity index (χ0n) is 31.8. The minimum atomic E-state index is -1.70. The van der Waals surface area contributed by atoms with E-state index in [4.69, 9.17) is 28.4 Å². The summed E-state index contributed by atoms with van der Waals surface area (Å²) in [5.74, 6) is -0.388. The van der Waals surface area contributed by atoms with E-state index in [1.54, 1.807) is 0 Å². The number of esters is 1. The Morgan fingerprint density at radius 2 is 1.02 bits per heavy atom. The fourth-order valence-electron chi connectivity index (χ4n) is 6.46. The third kappa shape index (κ3) is 18.1. The average molecular weight is 753 g/mol. The van der Waals surface area contributed by atoms with Gasteiger partial charge in [-0.05, 0) is 12.8 Å². The summed E-state index contributed by atoms with van der Waals surface area (Å²) in [5, 5.41) is 71.4. The van der Waals surface area contributed by atoms with Crippen molar-refractivity contribution in [3.05, 3.63) is 0 Å². The molecule has 2 fully saturated rings. The first-order chi connectivity index (χ1) is 25.1. The van der Waals surface area contributed by atoms with Crippen molar-refractivity contribution in [1.82, 2.24) is 0 Å². The van der Waals surface area contributed by atoms with Gasteiger partial charge in [0.2, 0.25) is 0 Å². The molecule has 0 spiro atoms. The Morgan fingerprint density at radius 3 is 1.56 bits per heavy atom. The number of ether oxygens (including phenoxy) is 6. The van der Waals surface area contributed by atoms with Crippen molar-refractivity contribution in [3.63, 3.8) is 0 Å². The van der Waals surface area contributed by atoms with E-state index in [2.05, 4.69) is 13.8 Å². The highest BCUT2D eigenvalue weighted by atomic mass is 16.7. The van der Waals surface area contributed by atoms with Gasteiger partial charge in [0.05, 0.1) is 26.4 Å². The van der Waals surface area contributed by atoms with Crippen molar-refractivity contribution in [3.8, 4) is 0 Å². The van der Waals surface area contributed by atoms with Crippen LogP contribution in [0.3, 0.4) is 0 Å². The summed E-state index contributed by atoms with van der Waals surface area (Å²) < 4.78 is 33.8. The van der Waals surface area contributed by atoms with Gasteiger partial charge >= 0.3 is 5.97 Å². The molecule has 0 aromatic rings. The van der Waals surface area contributed by atoms with Gasteiger partial charge in [-0.25, -0.2) is 0 Å². The van der Waals surface area contributed by atoms with Crippen LogP contribution in [-0.4, -0.2) is 142 Å². The maximum Gasteiger partial charge on any atom is 0.306 e. The third-order valence-corrected chi connectivity index (χ3v) is 9.87. The van der Waals surface area contributed by atoms with E-state index >= 15 is 0 Å². The largest absolute Gasteiger partial charge is 0.457 e. The first-order valence-electron chi connectivity index (χ1n) is 20.1. The smallest absolute Gasteiger partial charge is 0.306 e. The summed E-state index contributed by atoms with van der Waals surface area (Å²) in [6.07, 6.45) is 5.18. The topological polar surface area (TPSA) is 214 Å². The molecule has 0 bridgehead atoms. The normalized spacial score (nSPS) is 30.0. The van der Waals surface area contributed by atoms with Crippen molar-refractivity contribution < 1.29 is 69.0 Å². The number of unbranched alkanes of at least 4 members (excludes halogenated alkanes) is 16. The van der Waals surface area contributed by atoms with Crippen molar-refractivity contribution in [2.75, 3.05) is 33.0 Å². The van der Waals surface area contributed by atoms with Crippen LogP contribution in [0.15, 0.2) is 0 Å². The number of hydrogen-bond acceptors (Lipinski definition) is 14. The molecule has 11 unspecified atom stereocenters. The Morgan fingerprint density at radius 1 is 0.558 bits per heavy atom. The highest BCUT2D eigenvalue weighted by Crippen LogP contribution is 2.26. The molecule has 2 heterocycles. The average Bonchev–Trinajstić information content (AvgIpc) is 3.14. The van der Waals surface area contributed by atoms with Crippen LogP contribution in [0.2, 0.25) is 0 Å². The number of hydrogen-bond donors (Lipinski definition) is 7. The van der Waals surface area contributed by atoms with Crippen LogP contribution < -0.4 is 0 Å². The molecule has 7 N–H and O–H groups in total. The molecule has 0 radical (unpaired) electrons. The molecule has 2 rings (SSSR count). The summed E-state index contributed by atoms with van der Waals surface area (Å²) >= 11 is 0. The molecule has 0 aromatic carbocycles. The van der Waals surface area contributed by atoms with Gasteiger partial charge in [-0.3, -0.25) is 4.79 Å². The summed E-state index contributed by atoms with van der Waals surface area (Å²) in [5.41, 5.74) is 0. The van der Waals surface area contributed by atoms with Gasteiger partial charge < -0.3 is 64.2 Å². The molecule has 2 aliphatic rings. The summed E-state index contributed by atoms with van der Waals surface area (Å²) in [6, 6.07) is 0. The Balaban J connectivity index is 1.81. The van der Waals surface area contributed by atoms with E-state index in [0.29, 0.717) is 13.0 Å². The SMILES string of the molecule is CCCCCCCCCCCCCCCOCC(COC1OC(COC2OC(CO)C(O)C(O)C2O)C(O)C(O)C1O)OC(=O)CCCCCCC. The number of rotatable bonds is 30. The van der Waals surface area contributed by atoms with Crippen molar-refractivity contribution in [1.29, 1.82) is 0 Å². The molecule has 0 aliphatic carbocycles. The van der Waals surface area contributed by atoms with Crippen LogP contribution >= 0.6 is 0 Å². The van der Waals surface area contributed by atoms with Gasteiger partial charge in [0.1, 0.15) is 54.9 Å². The molecule has 14 heteroatoms. The lowest BCUT2D eigenvalue weighted by atomic mass is 9.98.